The van der Waals surface area contributed by atoms with Crippen molar-refractivity contribution in [1.82, 2.24) is 14.6 Å². The Morgan fingerprint density at radius 1 is 1.14 bits per heavy atom. The maximum absolute atomic E-state index is 12.8. The molecule has 1 aliphatic carbocycles. The number of carbonyl (C=O) groups is 2. The first-order chi connectivity index (χ1) is 17.0. The first-order valence-corrected chi connectivity index (χ1v) is 12.7. The molecule has 6 aliphatic rings. The lowest BCUT2D eigenvalue weighted by Gasteiger charge is -2.44. The number of fused-ring (bicyclic) bond motifs is 3. The standard InChI is InChI=1S/C26H29ClN6O2/c27-33-13-10-20(34)14-26-16-28-25(31-22(26)2-1-3-23(26)33)29-19-6-4-18(5-7-19)24(35)30-21-15-32-11-8-17(21)9-12-32/h1-7,17,21H,8-16H2,(H,28,29)(H,30,35). The number of nitrogens with zero attached hydrogens (tertiary/aromatic N) is 4. The third-order valence-electron chi connectivity index (χ3n) is 7.94. The summed E-state index contributed by atoms with van der Waals surface area (Å²) in [5.41, 5.74) is 2.52. The van der Waals surface area contributed by atoms with Crippen molar-refractivity contribution >= 4 is 40.8 Å². The number of rotatable bonds is 3. The van der Waals surface area contributed by atoms with E-state index in [1.807, 2.05) is 42.5 Å². The molecule has 0 saturated carbocycles. The lowest BCUT2D eigenvalue weighted by molar-refractivity contribution is -0.119. The molecule has 9 heteroatoms. The molecule has 4 fully saturated rings. The van der Waals surface area contributed by atoms with Gasteiger partial charge in [0.2, 0.25) is 5.96 Å². The minimum atomic E-state index is -0.605. The van der Waals surface area contributed by atoms with E-state index in [9.17, 15) is 9.59 Å². The molecular weight excluding hydrogens is 464 g/mol. The molecule has 1 aromatic rings. The van der Waals surface area contributed by atoms with Gasteiger partial charge in [0, 0.05) is 60.7 Å². The van der Waals surface area contributed by atoms with E-state index in [1.165, 1.54) is 12.8 Å². The Morgan fingerprint density at radius 2 is 1.94 bits per heavy atom. The molecule has 1 aromatic carbocycles. The number of carbonyl (C=O) groups excluding carboxylic acids is 2. The number of amides is 1. The SMILES string of the molecule is O=C1CCN(Cl)C2=CC=CC3=NC(Nc4ccc(C(=O)NC5CN6CCC5CC6)cc4)=NCC23C1. The zero-order valence-corrected chi connectivity index (χ0v) is 20.3. The second-order valence-electron chi connectivity index (χ2n) is 10.1. The van der Waals surface area contributed by atoms with E-state index in [0.29, 0.717) is 43.4 Å². The van der Waals surface area contributed by atoms with Gasteiger partial charge in [-0.25, -0.2) is 9.98 Å². The van der Waals surface area contributed by atoms with Crippen LogP contribution in [0.5, 0.6) is 0 Å². The van der Waals surface area contributed by atoms with Gasteiger partial charge in [-0.3, -0.25) is 14.0 Å². The average Bonchev–Trinajstić information content (AvgIpc) is 3.00. The summed E-state index contributed by atoms with van der Waals surface area (Å²) in [4.78, 5) is 37.1. The molecule has 7 rings (SSSR count). The van der Waals surface area contributed by atoms with E-state index in [2.05, 4.69) is 20.5 Å². The molecule has 8 nitrogen and oxygen atoms in total. The molecule has 2 N–H and O–H groups in total. The summed E-state index contributed by atoms with van der Waals surface area (Å²) in [6.07, 6.45) is 8.93. The lowest BCUT2D eigenvalue weighted by atomic mass is 9.72. The predicted octanol–water partition coefficient (Wildman–Crippen LogP) is 2.99. The smallest absolute Gasteiger partial charge is 0.251 e. The van der Waals surface area contributed by atoms with Crippen LogP contribution < -0.4 is 10.6 Å². The second kappa shape index (κ2) is 8.91. The summed E-state index contributed by atoms with van der Waals surface area (Å²) in [6, 6.07) is 7.64. The van der Waals surface area contributed by atoms with Crippen molar-refractivity contribution in [3.05, 3.63) is 53.8 Å². The quantitative estimate of drug-likeness (QED) is 0.633. The summed E-state index contributed by atoms with van der Waals surface area (Å²) in [7, 11) is 0. The highest BCUT2D eigenvalue weighted by atomic mass is 35.5. The number of hydrogen-bond donors (Lipinski definition) is 2. The van der Waals surface area contributed by atoms with Crippen LogP contribution in [0.2, 0.25) is 0 Å². The molecule has 4 saturated heterocycles. The Kier molecular flexibility index (Phi) is 5.73. The summed E-state index contributed by atoms with van der Waals surface area (Å²) in [5, 5.41) is 6.49. The van der Waals surface area contributed by atoms with E-state index in [1.54, 1.807) is 4.42 Å². The van der Waals surface area contributed by atoms with Crippen LogP contribution in [0.15, 0.2) is 58.2 Å². The third kappa shape index (κ3) is 4.19. The summed E-state index contributed by atoms with van der Waals surface area (Å²) < 4.78 is 1.64. The van der Waals surface area contributed by atoms with E-state index in [0.717, 1.165) is 36.7 Å². The Hall–Kier alpha value is -2.97. The molecule has 1 spiro atoms. The van der Waals surface area contributed by atoms with Gasteiger partial charge in [0.1, 0.15) is 5.78 Å². The number of Topliss-reactive ketones (excluding diaryl/α,β-unsaturated/α-hetero) is 1. The van der Waals surface area contributed by atoms with Gasteiger partial charge in [0.15, 0.2) is 0 Å². The molecule has 2 unspecified atom stereocenters. The highest BCUT2D eigenvalue weighted by Crippen LogP contribution is 2.43. The minimum Gasteiger partial charge on any atom is -0.348 e. The fraction of sp³-hybridized carbons (Fsp3) is 0.462. The van der Waals surface area contributed by atoms with Crippen LogP contribution in [-0.2, 0) is 4.79 Å². The van der Waals surface area contributed by atoms with E-state index >= 15 is 0 Å². The molecule has 2 atom stereocenters. The average molecular weight is 493 g/mol. The van der Waals surface area contributed by atoms with Crippen molar-refractivity contribution < 1.29 is 9.59 Å². The van der Waals surface area contributed by atoms with Crippen molar-refractivity contribution in [2.45, 2.75) is 31.7 Å². The third-order valence-corrected chi connectivity index (χ3v) is 8.29. The van der Waals surface area contributed by atoms with Gasteiger partial charge in [-0.05, 0) is 68.3 Å². The van der Waals surface area contributed by atoms with E-state index < -0.39 is 5.41 Å². The molecule has 182 valence electrons. The lowest BCUT2D eigenvalue weighted by Crippen LogP contribution is -2.57. The Balaban J connectivity index is 1.13. The Bertz CT molecular complexity index is 1160. The maximum atomic E-state index is 12.8. The number of halogens is 1. The molecule has 5 aliphatic heterocycles. The van der Waals surface area contributed by atoms with Crippen LogP contribution >= 0.6 is 11.8 Å². The monoisotopic (exact) mass is 492 g/mol. The van der Waals surface area contributed by atoms with Crippen molar-refractivity contribution in [1.29, 1.82) is 0 Å². The van der Waals surface area contributed by atoms with Gasteiger partial charge in [-0.2, -0.15) is 0 Å². The molecule has 1 amide bonds. The fourth-order valence-corrected chi connectivity index (χ4v) is 6.25. The second-order valence-corrected chi connectivity index (χ2v) is 10.5. The van der Waals surface area contributed by atoms with Gasteiger partial charge in [-0.1, -0.05) is 6.08 Å². The topological polar surface area (TPSA) is 89.4 Å². The van der Waals surface area contributed by atoms with Gasteiger partial charge in [-0.15, -0.1) is 0 Å². The molecule has 0 aromatic heterocycles. The molecule has 35 heavy (non-hydrogen) atoms. The normalized spacial score (nSPS) is 31.5. The van der Waals surface area contributed by atoms with Crippen LogP contribution in [0.1, 0.15) is 36.0 Å². The fourth-order valence-electron chi connectivity index (χ4n) is 5.95. The highest BCUT2D eigenvalue weighted by molar-refractivity contribution is 6.18. The van der Waals surface area contributed by atoms with Gasteiger partial charge in [0.05, 0.1) is 17.7 Å². The first-order valence-electron chi connectivity index (χ1n) is 12.4. The zero-order valence-electron chi connectivity index (χ0n) is 19.5. The number of anilines is 1. The van der Waals surface area contributed by atoms with Gasteiger partial charge in [0.25, 0.3) is 5.91 Å². The Morgan fingerprint density at radius 3 is 2.69 bits per heavy atom. The van der Waals surface area contributed by atoms with Gasteiger partial charge < -0.3 is 15.5 Å². The van der Waals surface area contributed by atoms with Crippen molar-refractivity contribution in [3.63, 3.8) is 0 Å². The zero-order chi connectivity index (χ0) is 24.0. The summed E-state index contributed by atoms with van der Waals surface area (Å²) in [5.74, 6) is 1.22. The van der Waals surface area contributed by atoms with Crippen LogP contribution in [0.25, 0.3) is 0 Å². The first kappa shape index (κ1) is 22.5. The number of ketones is 1. The molecular formula is C26H29ClN6O2. The number of hydrogen-bond acceptors (Lipinski definition) is 7. The van der Waals surface area contributed by atoms with Crippen molar-refractivity contribution in [2.24, 2.45) is 21.3 Å². The number of aliphatic imine (C=N–C) groups is 2. The number of guanidine groups is 1. The maximum Gasteiger partial charge on any atom is 0.251 e. The molecule has 2 bridgehead atoms. The van der Waals surface area contributed by atoms with Gasteiger partial charge >= 0.3 is 0 Å². The van der Waals surface area contributed by atoms with Crippen LogP contribution in [0.4, 0.5) is 5.69 Å². The number of allylic oxidation sites excluding steroid dienone is 3. The van der Waals surface area contributed by atoms with Crippen molar-refractivity contribution in [2.75, 3.05) is 38.0 Å². The number of piperidine rings is 3. The van der Waals surface area contributed by atoms with Crippen LogP contribution in [0, 0.1) is 11.3 Å². The minimum absolute atomic E-state index is 0.0252. The van der Waals surface area contributed by atoms with Crippen molar-refractivity contribution in [3.8, 4) is 0 Å². The Labute approximate surface area is 209 Å². The van der Waals surface area contributed by atoms with Crippen LogP contribution in [-0.4, -0.2) is 71.4 Å². The molecule has 0 radical (unpaired) electrons. The number of nitrogens with one attached hydrogen (secondary N) is 2. The molecule has 5 heterocycles. The van der Waals surface area contributed by atoms with E-state index in [4.69, 9.17) is 16.8 Å². The van der Waals surface area contributed by atoms with E-state index in [-0.39, 0.29) is 17.7 Å². The van der Waals surface area contributed by atoms with Crippen LogP contribution in [0.3, 0.4) is 0 Å². The largest absolute Gasteiger partial charge is 0.348 e. The predicted molar refractivity (Wildman–Crippen MR) is 137 cm³/mol. The summed E-state index contributed by atoms with van der Waals surface area (Å²) in [6.45, 7) is 4.15. The summed E-state index contributed by atoms with van der Waals surface area (Å²) >= 11 is 6.49. The highest BCUT2D eigenvalue weighted by Gasteiger charge is 2.47. The number of benzene rings is 1.